The zero-order valence-electron chi connectivity index (χ0n) is 33.3. The first-order valence-corrected chi connectivity index (χ1v) is 22.1. The van der Waals surface area contributed by atoms with Gasteiger partial charge in [0, 0.05) is 48.4 Å². The molecule has 2 aromatic heterocycles. The summed E-state index contributed by atoms with van der Waals surface area (Å²) in [6, 6.07) is 9.59. The molecule has 1 unspecified atom stereocenters. The molecule has 1 saturated heterocycles. The van der Waals surface area contributed by atoms with Gasteiger partial charge >= 0.3 is 10.2 Å². The highest BCUT2D eigenvalue weighted by molar-refractivity contribution is 8.45. The second kappa shape index (κ2) is 15.1. The summed E-state index contributed by atoms with van der Waals surface area (Å²) in [5.74, 6) is -2.58. The van der Waals surface area contributed by atoms with Crippen LogP contribution in [-0.2, 0) is 9.59 Å². The van der Waals surface area contributed by atoms with Gasteiger partial charge in [-0.1, -0.05) is 31.6 Å². The zero-order chi connectivity index (χ0) is 43.5. The lowest BCUT2D eigenvalue weighted by atomic mass is 9.84. The number of nitrogens with zero attached hydrogens (tertiary/aromatic N) is 5. The molecule has 2 aliphatic heterocycles. The fourth-order valence-corrected chi connectivity index (χ4v) is 9.74. The Bertz CT molecular complexity index is 2450. The van der Waals surface area contributed by atoms with Crippen LogP contribution >= 0.6 is 10.2 Å². The van der Waals surface area contributed by atoms with Gasteiger partial charge in [-0.25, -0.2) is 4.98 Å². The summed E-state index contributed by atoms with van der Waals surface area (Å²) >= 11 is 0. The number of aromatic nitrogens is 3. The van der Waals surface area contributed by atoms with E-state index in [0.29, 0.717) is 34.6 Å². The molecule has 4 aliphatic rings. The van der Waals surface area contributed by atoms with E-state index >= 15 is 0 Å². The van der Waals surface area contributed by atoms with Crippen molar-refractivity contribution in [1.29, 1.82) is 0 Å². The topological polar surface area (TPSA) is 168 Å². The van der Waals surface area contributed by atoms with Crippen LogP contribution in [-0.4, -0.2) is 92.9 Å². The standard InChI is InChI=1S/C41H45F5N8O6S/c1-52(26-15-11-25(12-16-26)47-29-6-3-5-28-37(29)41(59)54(40(28)58)33-17-18-35(55)50-39(33)57)21-23-9-13-27(14-10-23)53-22-24-19-32(34(60-2)20-31(24)51-53)49-38(56)30-7-4-8-36(48-30)61(42,43,44,45)46/h3-8,19-20,22-23,25-27,33,47H,9-18,21H2,1-2H3,(H,49,56)(H,50,55,57)/t23-,25-,26-,27-,33?. The Morgan fingerprint density at radius 2 is 1.62 bits per heavy atom. The van der Waals surface area contributed by atoms with Crippen LogP contribution in [0.1, 0.15) is 101 Å². The molecule has 1 atom stereocenters. The van der Waals surface area contributed by atoms with E-state index in [0.717, 1.165) is 68.9 Å². The molecule has 0 spiro atoms. The number of hydrogen-bond donors (Lipinski definition) is 3. The first-order valence-electron chi connectivity index (χ1n) is 20.2. The van der Waals surface area contributed by atoms with Crippen LogP contribution in [0.25, 0.3) is 10.9 Å². The Balaban J connectivity index is 0.833. The SMILES string of the molecule is COc1cc2nn([C@H]3CC[C@H](CN(C)[C@H]4CC[C@H](Nc5cccc6c5C(=O)N(C5CCC(=O)NC5=O)C6=O)CC4)CC3)cc2cc1NC(=O)c1cccc(S(F)(F)(F)(F)F)n1. The smallest absolute Gasteiger partial charge is 0.325 e. The van der Waals surface area contributed by atoms with Crippen LogP contribution in [0.15, 0.2) is 59.8 Å². The highest BCUT2D eigenvalue weighted by Crippen LogP contribution is 3.01. The first kappa shape index (κ1) is 42.1. The van der Waals surface area contributed by atoms with Gasteiger partial charge in [0.15, 0.2) is 5.03 Å². The molecule has 0 radical (unpaired) electrons. The van der Waals surface area contributed by atoms with Crippen molar-refractivity contribution in [2.75, 3.05) is 31.3 Å². The van der Waals surface area contributed by atoms with Crippen molar-refractivity contribution in [3.63, 3.8) is 0 Å². The molecule has 3 fully saturated rings. The summed E-state index contributed by atoms with van der Waals surface area (Å²) in [5.41, 5.74) is 0.940. The molecular formula is C41H45F5N8O6S. The van der Waals surface area contributed by atoms with Crippen molar-refractivity contribution in [3.05, 3.63) is 71.5 Å². The van der Waals surface area contributed by atoms with Gasteiger partial charge in [0.2, 0.25) is 11.8 Å². The molecule has 2 aromatic carbocycles. The van der Waals surface area contributed by atoms with Gasteiger partial charge in [-0.2, -0.15) is 5.10 Å². The quantitative estimate of drug-likeness (QED) is 0.0998. The molecule has 4 heterocycles. The summed E-state index contributed by atoms with van der Waals surface area (Å²) in [6.07, 6.45) is 9.39. The summed E-state index contributed by atoms with van der Waals surface area (Å²) in [5, 5.41) is 11.2. The van der Waals surface area contributed by atoms with E-state index in [1.54, 1.807) is 30.3 Å². The second-order valence-corrected chi connectivity index (χ2v) is 18.8. The maximum Gasteiger partial charge on any atom is 0.325 e. The Hall–Kier alpha value is -5.63. The van der Waals surface area contributed by atoms with E-state index in [1.165, 1.54) is 7.11 Å². The molecule has 2 saturated carbocycles. The van der Waals surface area contributed by atoms with Crippen LogP contribution in [0.4, 0.5) is 30.8 Å². The molecule has 2 aliphatic carbocycles. The third kappa shape index (κ3) is 8.64. The molecule has 61 heavy (non-hydrogen) atoms. The molecule has 0 bridgehead atoms. The fraction of sp³-hybridized carbons (Fsp3) is 0.439. The van der Waals surface area contributed by atoms with Crippen LogP contribution in [0, 0.1) is 5.92 Å². The number of imide groups is 2. The summed E-state index contributed by atoms with van der Waals surface area (Å²) < 4.78 is 74.0. The summed E-state index contributed by atoms with van der Waals surface area (Å²) in [7, 11) is -6.59. The number of rotatable bonds is 11. The fourth-order valence-electron chi connectivity index (χ4n) is 9.13. The van der Waals surface area contributed by atoms with Crippen molar-refractivity contribution in [2.24, 2.45) is 5.92 Å². The lowest BCUT2D eigenvalue weighted by Gasteiger charge is -2.39. The number of hydrogen-bond acceptors (Lipinski definition) is 10. The lowest BCUT2D eigenvalue weighted by Crippen LogP contribution is -2.54. The maximum absolute atomic E-state index is 13.6. The second-order valence-electron chi connectivity index (χ2n) is 16.4. The van der Waals surface area contributed by atoms with Crippen molar-refractivity contribution in [1.82, 2.24) is 29.9 Å². The molecule has 326 valence electrons. The molecule has 14 nitrogen and oxygen atoms in total. The van der Waals surface area contributed by atoms with E-state index in [4.69, 9.17) is 9.84 Å². The number of anilines is 2. The average molecular weight is 873 g/mol. The van der Waals surface area contributed by atoms with Crippen molar-refractivity contribution >= 4 is 62.0 Å². The van der Waals surface area contributed by atoms with Crippen LogP contribution < -0.4 is 20.7 Å². The third-order valence-corrected chi connectivity index (χ3v) is 13.3. The van der Waals surface area contributed by atoms with Crippen LogP contribution in [0.2, 0.25) is 0 Å². The average Bonchev–Trinajstić information content (AvgIpc) is 3.74. The van der Waals surface area contributed by atoms with E-state index in [2.05, 4.69) is 32.9 Å². The number of benzene rings is 2. The number of ether oxygens (including phenoxy) is 1. The minimum Gasteiger partial charge on any atom is -0.494 e. The minimum atomic E-state index is -10.1. The molecule has 20 heteroatoms. The number of carbonyl (C=O) groups excluding carboxylic acids is 5. The Labute approximate surface area is 347 Å². The van der Waals surface area contributed by atoms with Crippen molar-refractivity contribution < 1.29 is 48.1 Å². The normalized spacial score (nSPS) is 24.6. The lowest BCUT2D eigenvalue weighted by molar-refractivity contribution is -0.136. The van der Waals surface area contributed by atoms with E-state index < -0.39 is 56.5 Å². The molecule has 3 N–H and O–H groups in total. The Kier molecular flexibility index (Phi) is 10.4. The number of amides is 5. The zero-order valence-corrected chi connectivity index (χ0v) is 34.2. The number of carbonyl (C=O) groups is 5. The van der Waals surface area contributed by atoms with Crippen molar-refractivity contribution in [3.8, 4) is 5.75 Å². The molecular weight excluding hydrogens is 828 g/mol. The van der Waals surface area contributed by atoms with Crippen LogP contribution in [0.3, 0.4) is 0 Å². The van der Waals surface area contributed by atoms with Gasteiger partial charge in [0.25, 0.3) is 17.7 Å². The minimum absolute atomic E-state index is 0.0552. The number of fused-ring (bicyclic) bond motifs is 2. The van der Waals surface area contributed by atoms with Gasteiger partial charge in [-0.05, 0) is 101 Å². The maximum atomic E-state index is 13.6. The number of piperidine rings is 1. The highest BCUT2D eigenvalue weighted by Gasteiger charge is 2.67. The largest absolute Gasteiger partial charge is 0.494 e. The summed E-state index contributed by atoms with van der Waals surface area (Å²) in [6.45, 7) is 0.940. The van der Waals surface area contributed by atoms with Crippen LogP contribution in [0.5, 0.6) is 5.75 Å². The van der Waals surface area contributed by atoms with E-state index in [9.17, 15) is 43.4 Å². The highest BCUT2D eigenvalue weighted by atomic mass is 32.5. The van der Waals surface area contributed by atoms with Gasteiger partial charge < -0.3 is 20.3 Å². The number of pyridine rings is 1. The first-order chi connectivity index (χ1) is 28.8. The Morgan fingerprint density at radius 3 is 2.31 bits per heavy atom. The van der Waals surface area contributed by atoms with Crippen molar-refractivity contribution in [2.45, 2.75) is 93.4 Å². The van der Waals surface area contributed by atoms with Gasteiger partial charge in [0.05, 0.1) is 35.5 Å². The van der Waals surface area contributed by atoms with Gasteiger partial charge in [-0.15, -0.1) is 0 Å². The van der Waals surface area contributed by atoms with E-state index in [-0.39, 0.29) is 53.6 Å². The third-order valence-electron chi connectivity index (χ3n) is 12.3. The predicted molar refractivity (Wildman–Crippen MR) is 216 cm³/mol. The number of halogens is 5. The summed E-state index contributed by atoms with van der Waals surface area (Å²) in [4.78, 5) is 70.2. The molecule has 4 aromatic rings. The number of nitrogens with one attached hydrogen (secondary N) is 3. The van der Waals surface area contributed by atoms with Gasteiger partial charge in [-0.3, -0.25) is 38.9 Å². The Morgan fingerprint density at radius 1 is 0.902 bits per heavy atom. The van der Waals surface area contributed by atoms with E-state index in [1.807, 2.05) is 10.9 Å². The number of methoxy groups -OCH3 is 1. The predicted octanol–water partition coefficient (Wildman–Crippen LogP) is 7.84. The van der Waals surface area contributed by atoms with Gasteiger partial charge in [0.1, 0.15) is 17.5 Å². The molecule has 8 rings (SSSR count). The molecule has 5 amide bonds. The monoisotopic (exact) mass is 872 g/mol.